The molecule has 0 amide bonds. The highest BCUT2D eigenvalue weighted by Gasteiger charge is 2.31. The maximum Gasteiger partial charge on any atom is 0.242 e. The Labute approximate surface area is 150 Å². The second-order valence-electron chi connectivity index (χ2n) is 7.26. The van der Waals surface area contributed by atoms with Gasteiger partial charge in [-0.3, -0.25) is 0 Å². The molecule has 0 aliphatic carbocycles. The van der Waals surface area contributed by atoms with Crippen LogP contribution in [0.5, 0.6) is 0 Å². The summed E-state index contributed by atoms with van der Waals surface area (Å²) in [6, 6.07) is 2.53. The first kappa shape index (κ1) is 23.3. The third-order valence-electron chi connectivity index (χ3n) is 5.63. The van der Waals surface area contributed by atoms with Gasteiger partial charge in [0.2, 0.25) is 18.4 Å². The molecular weight excluding hydrogens is 316 g/mol. The predicted octanol–water partition coefficient (Wildman–Crippen LogP) is 4.50. The van der Waals surface area contributed by atoms with Crippen molar-refractivity contribution in [3.63, 3.8) is 0 Å². The molecule has 0 aromatic heterocycles. The Morgan fingerprint density at radius 2 is 0.826 bits per heavy atom. The van der Waals surface area contributed by atoms with Crippen molar-refractivity contribution < 1.29 is 4.12 Å². The lowest BCUT2D eigenvalue weighted by Crippen LogP contribution is -2.57. The quantitative estimate of drug-likeness (QED) is 0.476. The summed E-state index contributed by atoms with van der Waals surface area (Å²) in [5.74, 6) is 0. The van der Waals surface area contributed by atoms with Gasteiger partial charge in [0.05, 0.1) is 0 Å². The summed E-state index contributed by atoms with van der Waals surface area (Å²) in [7, 11) is -2.67. The van der Waals surface area contributed by atoms with Crippen LogP contribution in [0.1, 0.15) is 81.1 Å². The minimum Gasteiger partial charge on any atom is -0.437 e. The first-order valence-electron chi connectivity index (χ1n) is 9.95. The fourth-order valence-electron chi connectivity index (χ4n) is 3.57. The van der Waals surface area contributed by atoms with Crippen molar-refractivity contribution >= 4 is 18.4 Å². The van der Waals surface area contributed by atoms with Crippen molar-refractivity contribution in [1.82, 2.24) is 9.13 Å². The second-order valence-corrected chi connectivity index (χ2v) is 11.9. The van der Waals surface area contributed by atoms with Gasteiger partial charge in [0.15, 0.2) is 0 Å². The van der Waals surface area contributed by atoms with E-state index in [4.69, 9.17) is 4.12 Å². The molecule has 6 atom stereocenters. The molecule has 0 spiro atoms. The van der Waals surface area contributed by atoms with Gasteiger partial charge in [0.1, 0.15) is 0 Å². The van der Waals surface area contributed by atoms with E-state index < -0.39 is 18.4 Å². The van der Waals surface area contributed by atoms with Gasteiger partial charge in [-0.2, -0.15) is 0 Å². The summed E-state index contributed by atoms with van der Waals surface area (Å²) >= 11 is 0. The molecule has 6 unspecified atom stereocenters. The number of nitrogens with zero attached hydrogens (tertiary/aromatic N) is 2. The minimum absolute atomic E-state index is 0.633. The fourth-order valence-corrected chi connectivity index (χ4v) is 10.7. The lowest BCUT2D eigenvalue weighted by atomic mass is 10.2. The normalized spacial score (nSPS) is 20.3. The first-order chi connectivity index (χ1) is 10.7. The highest BCUT2D eigenvalue weighted by molar-refractivity contribution is 6.61. The van der Waals surface area contributed by atoms with E-state index in [9.17, 15) is 0 Å². The summed E-state index contributed by atoms with van der Waals surface area (Å²) in [6.45, 7) is 23.5. The molecule has 3 nitrogen and oxygen atoms in total. The molecule has 0 aliphatic rings. The largest absolute Gasteiger partial charge is 0.437 e. The van der Waals surface area contributed by atoms with Crippen LogP contribution in [0.4, 0.5) is 0 Å². The molecule has 0 saturated carbocycles. The summed E-state index contributed by atoms with van der Waals surface area (Å²) < 4.78 is 12.2. The van der Waals surface area contributed by atoms with E-state index in [-0.39, 0.29) is 0 Å². The topological polar surface area (TPSA) is 15.7 Å². The molecule has 0 radical (unpaired) electrons. The van der Waals surface area contributed by atoms with Crippen LogP contribution in [0.15, 0.2) is 0 Å². The molecule has 0 aromatic rings. The Balaban J connectivity index is 5.08. The van der Waals surface area contributed by atoms with Crippen molar-refractivity contribution in [2.45, 2.75) is 118 Å². The van der Waals surface area contributed by atoms with Crippen LogP contribution in [0.3, 0.4) is 0 Å². The van der Waals surface area contributed by atoms with Crippen LogP contribution >= 0.6 is 0 Å². The van der Waals surface area contributed by atoms with E-state index in [0.717, 1.165) is 0 Å². The van der Waals surface area contributed by atoms with Crippen molar-refractivity contribution in [3.05, 3.63) is 0 Å². The fraction of sp³-hybridized carbons (Fsp3) is 1.00. The summed E-state index contributed by atoms with van der Waals surface area (Å²) in [6.07, 6.45) is 4.84. The molecule has 0 fully saturated rings. The van der Waals surface area contributed by atoms with E-state index in [0.29, 0.717) is 24.2 Å². The van der Waals surface area contributed by atoms with Crippen molar-refractivity contribution in [2.24, 2.45) is 0 Å². The third-order valence-corrected chi connectivity index (χ3v) is 12.5. The first-order valence-corrected chi connectivity index (χ1v) is 14.2. The standard InChI is InChI=1S/C18H44N2OSi2/c1-11-15(5)19(16(6)12-2)22(9)21-23(10)20(17(7)13-3)18(8)14-4/h15-18,22-23H,11-14H2,1-10H3. The van der Waals surface area contributed by atoms with E-state index in [1.807, 2.05) is 0 Å². The third kappa shape index (κ3) is 6.98. The molecule has 23 heavy (non-hydrogen) atoms. The van der Waals surface area contributed by atoms with Crippen molar-refractivity contribution in [3.8, 4) is 0 Å². The Kier molecular flexibility index (Phi) is 12.0. The van der Waals surface area contributed by atoms with Crippen LogP contribution < -0.4 is 0 Å². The van der Waals surface area contributed by atoms with Gasteiger partial charge < -0.3 is 13.2 Å². The molecular formula is C18H44N2OSi2. The number of hydrogen-bond donors (Lipinski definition) is 0. The molecule has 0 aromatic carbocycles. The van der Waals surface area contributed by atoms with Crippen molar-refractivity contribution in [1.29, 1.82) is 0 Å². The zero-order valence-electron chi connectivity index (χ0n) is 17.6. The number of hydrogen-bond acceptors (Lipinski definition) is 3. The zero-order chi connectivity index (χ0) is 18.2. The average molecular weight is 361 g/mol. The van der Waals surface area contributed by atoms with Crippen LogP contribution in [0, 0.1) is 0 Å². The van der Waals surface area contributed by atoms with Gasteiger partial charge in [-0.05, 0) is 38.8 Å². The van der Waals surface area contributed by atoms with E-state index in [1.54, 1.807) is 0 Å². The van der Waals surface area contributed by atoms with Crippen LogP contribution in [0.25, 0.3) is 0 Å². The van der Waals surface area contributed by atoms with Gasteiger partial charge in [0, 0.05) is 24.2 Å². The lowest BCUT2D eigenvalue weighted by Gasteiger charge is -2.43. The molecule has 0 N–H and O–H groups in total. The Morgan fingerprint density at radius 1 is 0.609 bits per heavy atom. The molecule has 0 aliphatic heterocycles. The Hall–Kier alpha value is 0.314. The predicted molar refractivity (Wildman–Crippen MR) is 110 cm³/mol. The summed E-state index contributed by atoms with van der Waals surface area (Å²) in [5, 5.41) is 0. The smallest absolute Gasteiger partial charge is 0.242 e. The molecule has 0 bridgehead atoms. The van der Waals surface area contributed by atoms with Crippen LogP contribution in [0.2, 0.25) is 13.1 Å². The van der Waals surface area contributed by atoms with Gasteiger partial charge in [-0.1, -0.05) is 55.4 Å². The lowest BCUT2D eigenvalue weighted by molar-refractivity contribution is 0.206. The van der Waals surface area contributed by atoms with Gasteiger partial charge in [0.25, 0.3) is 0 Å². The van der Waals surface area contributed by atoms with E-state index >= 15 is 0 Å². The van der Waals surface area contributed by atoms with Gasteiger partial charge in [-0.25, -0.2) is 0 Å². The van der Waals surface area contributed by atoms with E-state index in [2.05, 4.69) is 77.6 Å². The Morgan fingerprint density at radius 3 is 1.00 bits per heavy atom. The van der Waals surface area contributed by atoms with Gasteiger partial charge in [-0.15, -0.1) is 0 Å². The summed E-state index contributed by atoms with van der Waals surface area (Å²) in [5.41, 5.74) is 0. The van der Waals surface area contributed by atoms with Crippen LogP contribution in [-0.2, 0) is 4.12 Å². The minimum atomic E-state index is -1.33. The molecule has 0 rings (SSSR count). The SMILES string of the molecule is CCC(C)N(C(C)CC)[SiH](C)O[SiH](C)N(C(C)CC)C(C)CC. The average Bonchev–Trinajstić information content (AvgIpc) is 2.53. The zero-order valence-corrected chi connectivity index (χ0v) is 19.9. The summed E-state index contributed by atoms with van der Waals surface area (Å²) in [4.78, 5) is 0. The monoisotopic (exact) mass is 360 g/mol. The maximum absolute atomic E-state index is 6.80. The van der Waals surface area contributed by atoms with Crippen molar-refractivity contribution in [2.75, 3.05) is 0 Å². The van der Waals surface area contributed by atoms with Crippen LogP contribution in [-0.4, -0.2) is 51.7 Å². The van der Waals surface area contributed by atoms with Gasteiger partial charge >= 0.3 is 0 Å². The molecule has 140 valence electrons. The molecule has 0 saturated heterocycles. The molecule has 0 heterocycles. The highest BCUT2D eigenvalue weighted by atomic mass is 28.4. The Bertz CT molecular complexity index is 259. The second kappa shape index (κ2) is 11.8. The van der Waals surface area contributed by atoms with E-state index in [1.165, 1.54) is 25.7 Å². The highest BCUT2D eigenvalue weighted by Crippen LogP contribution is 2.19. The maximum atomic E-state index is 6.80. The number of rotatable bonds is 12. The molecule has 5 heteroatoms.